The van der Waals surface area contributed by atoms with Crippen LogP contribution in [0.2, 0.25) is 0 Å². The highest BCUT2D eigenvalue weighted by Gasteiger charge is 2.38. The molecular weight excluding hydrogens is 426 g/mol. The van der Waals surface area contributed by atoms with Crippen molar-refractivity contribution in [2.45, 2.75) is 45.1 Å². The van der Waals surface area contributed by atoms with Crippen LogP contribution in [0.3, 0.4) is 0 Å². The van der Waals surface area contributed by atoms with Gasteiger partial charge >= 0.3 is 0 Å². The zero-order valence-electron chi connectivity index (χ0n) is 19.8. The summed E-state index contributed by atoms with van der Waals surface area (Å²) in [4.78, 5) is 32.2. The fraction of sp³-hybridized carbons (Fsp3) is 0.429. The van der Waals surface area contributed by atoms with Crippen molar-refractivity contribution in [2.24, 2.45) is 11.8 Å². The van der Waals surface area contributed by atoms with E-state index in [1.165, 1.54) is 10.9 Å². The number of H-pyrrole nitrogens is 1. The van der Waals surface area contributed by atoms with E-state index in [0.29, 0.717) is 19.6 Å². The van der Waals surface area contributed by atoms with Gasteiger partial charge in [0, 0.05) is 41.5 Å². The third-order valence-electron chi connectivity index (χ3n) is 7.46. The number of hydrogen-bond donors (Lipinski definition) is 2. The zero-order valence-corrected chi connectivity index (χ0v) is 19.8. The predicted molar refractivity (Wildman–Crippen MR) is 133 cm³/mol. The van der Waals surface area contributed by atoms with Crippen LogP contribution in [-0.2, 0) is 29.0 Å². The van der Waals surface area contributed by atoms with Crippen LogP contribution in [-0.4, -0.2) is 41.9 Å². The topological polar surface area (TPSA) is 74.4 Å². The van der Waals surface area contributed by atoms with Crippen LogP contribution < -0.4 is 10.1 Å². The van der Waals surface area contributed by atoms with Crippen molar-refractivity contribution in [3.63, 3.8) is 0 Å². The monoisotopic (exact) mass is 459 g/mol. The first kappa shape index (κ1) is 22.5. The van der Waals surface area contributed by atoms with Crippen LogP contribution in [0, 0.1) is 11.8 Å². The molecule has 1 saturated carbocycles. The van der Waals surface area contributed by atoms with Crippen molar-refractivity contribution >= 4 is 22.7 Å². The van der Waals surface area contributed by atoms with Crippen LogP contribution in [0.15, 0.2) is 48.5 Å². The SMILES string of the molecule is COc1cccc(CCNC(=O)C2CCCCC2C(=O)N2CCc3c([nH]c4ccccc34)C2)c1. The van der Waals surface area contributed by atoms with Gasteiger partial charge in [-0.3, -0.25) is 9.59 Å². The lowest BCUT2D eigenvalue weighted by molar-refractivity contribution is -0.144. The summed E-state index contributed by atoms with van der Waals surface area (Å²) in [5, 5.41) is 4.36. The number of fused-ring (bicyclic) bond motifs is 3. The first-order chi connectivity index (χ1) is 16.6. The second kappa shape index (κ2) is 9.92. The smallest absolute Gasteiger partial charge is 0.226 e. The highest BCUT2D eigenvalue weighted by atomic mass is 16.5. The average Bonchev–Trinajstić information content (AvgIpc) is 3.26. The normalized spacial score (nSPS) is 20.1. The van der Waals surface area contributed by atoms with E-state index in [0.717, 1.165) is 61.0 Å². The van der Waals surface area contributed by atoms with E-state index in [2.05, 4.69) is 28.5 Å². The lowest BCUT2D eigenvalue weighted by atomic mass is 9.77. The van der Waals surface area contributed by atoms with E-state index in [-0.39, 0.29) is 23.7 Å². The number of aromatic amines is 1. The Kier molecular flexibility index (Phi) is 6.57. The van der Waals surface area contributed by atoms with Crippen LogP contribution in [0.5, 0.6) is 5.75 Å². The summed E-state index contributed by atoms with van der Waals surface area (Å²) in [6.07, 6.45) is 5.19. The van der Waals surface area contributed by atoms with Crippen LogP contribution >= 0.6 is 0 Å². The number of ether oxygens (including phenoxy) is 1. The third kappa shape index (κ3) is 4.54. The first-order valence-corrected chi connectivity index (χ1v) is 12.4. The van der Waals surface area contributed by atoms with Crippen LogP contribution in [0.1, 0.15) is 42.5 Å². The maximum absolute atomic E-state index is 13.6. The Balaban J connectivity index is 1.22. The third-order valence-corrected chi connectivity index (χ3v) is 7.46. The minimum absolute atomic E-state index is 0.0178. The molecule has 0 radical (unpaired) electrons. The highest BCUT2D eigenvalue weighted by Crippen LogP contribution is 2.34. The lowest BCUT2D eigenvalue weighted by Gasteiger charge is -2.35. The molecule has 0 spiro atoms. The van der Waals surface area contributed by atoms with Gasteiger partial charge in [0.1, 0.15) is 5.75 Å². The molecule has 2 atom stereocenters. The molecule has 1 fully saturated rings. The van der Waals surface area contributed by atoms with E-state index in [1.54, 1.807) is 7.11 Å². The number of benzene rings is 2. The summed E-state index contributed by atoms with van der Waals surface area (Å²) < 4.78 is 5.28. The number of amides is 2. The van der Waals surface area contributed by atoms with Crippen LogP contribution in [0.4, 0.5) is 0 Å². The van der Waals surface area contributed by atoms with Crippen molar-refractivity contribution in [3.05, 3.63) is 65.4 Å². The summed E-state index contributed by atoms with van der Waals surface area (Å²) in [6.45, 7) is 1.88. The molecule has 2 unspecified atom stereocenters. The lowest BCUT2D eigenvalue weighted by Crippen LogP contribution is -2.47. The Labute approximate surface area is 200 Å². The van der Waals surface area contributed by atoms with Gasteiger partial charge in [0.2, 0.25) is 11.8 Å². The number of carbonyl (C=O) groups is 2. The van der Waals surface area contributed by atoms with Gasteiger partial charge in [-0.15, -0.1) is 0 Å². The Hall–Kier alpha value is -3.28. The van der Waals surface area contributed by atoms with Crippen molar-refractivity contribution in [3.8, 4) is 5.75 Å². The number of hydrogen-bond acceptors (Lipinski definition) is 3. The summed E-state index contributed by atoms with van der Waals surface area (Å²) >= 11 is 0. The largest absolute Gasteiger partial charge is 0.497 e. The second-order valence-corrected chi connectivity index (χ2v) is 9.53. The van der Waals surface area contributed by atoms with Crippen molar-refractivity contribution < 1.29 is 14.3 Å². The molecule has 5 rings (SSSR count). The Morgan fingerprint density at radius 3 is 2.76 bits per heavy atom. The van der Waals surface area contributed by atoms with Crippen molar-refractivity contribution in [1.29, 1.82) is 0 Å². The molecule has 0 saturated heterocycles. The van der Waals surface area contributed by atoms with Crippen molar-refractivity contribution in [1.82, 2.24) is 15.2 Å². The van der Waals surface area contributed by atoms with E-state index < -0.39 is 0 Å². The minimum Gasteiger partial charge on any atom is -0.497 e. The Morgan fingerprint density at radius 2 is 1.91 bits per heavy atom. The van der Waals surface area contributed by atoms with Crippen LogP contribution in [0.25, 0.3) is 10.9 Å². The molecule has 1 aliphatic heterocycles. The second-order valence-electron chi connectivity index (χ2n) is 9.53. The average molecular weight is 460 g/mol. The van der Waals surface area contributed by atoms with E-state index >= 15 is 0 Å². The Bertz CT molecular complexity index is 1180. The molecule has 6 heteroatoms. The van der Waals surface area contributed by atoms with Gasteiger partial charge in [-0.1, -0.05) is 43.2 Å². The molecule has 2 aliphatic rings. The molecule has 3 aromatic rings. The van der Waals surface area contributed by atoms with Gasteiger partial charge in [-0.25, -0.2) is 0 Å². The van der Waals surface area contributed by atoms with Gasteiger partial charge in [0.05, 0.1) is 13.7 Å². The number of methoxy groups -OCH3 is 1. The molecular formula is C28H33N3O3. The molecule has 0 bridgehead atoms. The van der Waals surface area contributed by atoms with Gasteiger partial charge in [0.25, 0.3) is 0 Å². The Morgan fingerprint density at radius 1 is 1.09 bits per heavy atom. The van der Waals surface area contributed by atoms with E-state index in [4.69, 9.17) is 4.74 Å². The summed E-state index contributed by atoms with van der Waals surface area (Å²) in [5.41, 5.74) is 4.72. The van der Waals surface area contributed by atoms with Gasteiger partial charge in [-0.2, -0.15) is 0 Å². The fourth-order valence-corrected chi connectivity index (χ4v) is 5.65. The molecule has 1 aromatic heterocycles. The van der Waals surface area contributed by atoms with E-state index in [9.17, 15) is 9.59 Å². The standard InChI is InChI=1S/C28H33N3O3/c1-34-20-8-6-7-19(17-20)13-15-29-27(32)23-10-2-3-11-24(23)28(33)31-16-14-22-21-9-4-5-12-25(21)30-26(22)18-31/h4-9,12,17,23-24,30H,2-3,10-11,13-16,18H2,1H3,(H,29,32). The molecule has 178 valence electrons. The predicted octanol–water partition coefficient (Wildman–Crippen LogP) is 4.23. The minimum atomic E-state index is -0.240. The maximum Gasteiger partial charge on any atom is 0.226 e. The fourth-order valence-electron chi connectivity index (χ4n) is 5.65. The molecule has 2 amide bonds. The number of nitrogens with one attached hydrogen (secondary N) is 2. The molecule has 2 aromatic carbocycles. The quantitative estimate of drug-likeness (QED) is 0.579. The maximum atomic E-state index is 13.6. The van der Waals surface area contributed by atoms with Gasteiger partial charge in [0.15, 0.2) is 0 Å². The van der Waals surface area contributed by atoms with E-state index in [1.807, 2.05) is 35.2 Å². The van der Waals surface area contributed by atoms with Gasteiger partial charge in [-0.05, 0) is 55.0 Å². The summed E-state index contributed by atoms with van der Waals surface area (Å²) in [6, 6.07) is 16.2. The molecule has 2 heterocycles. The zero-order chi connectivity index (χ0) is 23.5. The number of nitrogens with zero attached hydrogens (tertiary/aromatic N) is 1. The number of aromatic nitrogens is 1. The molecule has 1 aliphatic carbocycles. The summed E-state index contributed by atoms with van der Waals surface area (Å²) in [7, 11) is 1.66. The molecule has 2 N–H and O–H groups in total. The van der Waals surface area contributed by atoms with Crippen molar-refractivity contribution in [2.75, 3.05) is 20.2 Å². The summed E-state index contributed by atoms with van der Waals surface area (Å²) in [5.74, 6) is 0.509. The highest BCUT2D eigenvalue weighted by molar-refractivity contribution is 5.89. The molecule has 6 nitrogen and oxygen atoms in total. The number of para-hydroxylation sites is 1. The number of rotatable bonds is 6. The molecule has 34 heavy (non-hydrogen) atoms. The number of carbonyl (C=O) groups excluding carboxylic acids is 2. The first-order valence-electron chi connectivity index (χ1n) is 12.4. The van der Waals surface area contributed by atoms with Gasteiger partial charge < -0.3 is 19.9 Å².